The van der Waals surface area contributed by atoms with Gasteiger partial charge in [-0.25, -0.2) is 0 Å². The van der Waals surface area contributed by atoms with E-state index >= 15 is 0 Å². The summed E-state index contributed by atoms with van der Waals surface area (Å²) in [6, 6.07) is 22.9. The number of rotatable bonds is 9. The number of hydrogen-bond donors (Lipinski definition) is 1. The number of carbonyl (C=O) groups is 1. The van der Waals surface area contributed by atoms with Crippen molar-refractivity contribution < 1.29 is 19.0 Å². The molecule has 1 saturated carbocycles. The molecule has 4 rings (SSSR count). The number of ether oxygens (including phenoxy) is 3. The van der Waals surface area contributed by atoms with Gasteiger partial charge in [-0.1, -0.05) is 18.2 Å². The Hall–Kier alpha value is -3.47. The molecule has 0 heterocycles. The van der Waals surface area contributed by atoms with Gasteiger partial charge >= 0.3 is 0 Å². The molecule has 1 aliphatic carbocycles. The van der Waals surface area contributed by atoms with Gasteiger partial charge in [0.15, 0.2) is 0 Å². The molecule has 3 aromatic carbocycles. The van der Waals surface area contributed by atoms with E-state index in [-0.39, 0.29) is 11.9 Å². The highest BCUT2D eigenvalue weighted by Gasteiger charge is 2.21. The van der Waals surface area contributed by atoms with E-state index in [1.54, 1.807) is 0 Å². The summed E-state index contributed by atoms with van der Waals surface area (Å²) in [6.45, 7) is 4.24. The van der Waals surface area contributed by atoms with Crippen LogP contribution in [0, 0.1) is 5.92 Å². The molecule has 0 aliphatic heterocycles. The van der Waals surface area contributed by atoms with Crippen molar-refractivity contribution in [1.82, 2.24) is 5.32 Å². The first-order chi connectivity index (χ1) is 15.0. The molecule has 0 spiro atoms. The number of nitrogens with one attached hydrogen (secondary N) is 1. The predicted octanol–water partition coefficient (Wildman–Crippen LogP) is 6.26. The molecule has 160 valence electrons. The Balaban J connectivity index is 1.33. The van der Waals surface area contributed by atoms with Gasteiger partial charge in [-0.05, 0) is 79.8 Å². The average Bonchev–Trinajstić information content (AvgIpc) is 3.59. The van der Waals surface area contributed by atoms with Crippen LogP contribution in [0.4, 0.5) is 0 Å². The molecular formula is C26H27NO4. The molecule has 1 unspecified atom stereocenters. The zero-order valence-corrected chi connectivity index (χ0v) is 17.8. The Kier molecular flexibility index (Phi) is 6.41. The number of amides is 1. The lowest BCUT2D eigenvalue weighted by Gasteiger charge is -2.14. The first kappa shape index (κ1) is 20.8. The lowest BCUT2D eigenvalue weighted by Crippen LogP contribution is -2.23. The lowest BCUT2D eigenvalue weighted by atomic mass is 10.1. The first-order valence-electron chi connectivity index (χ1n) is 10.6. The number of benzene rings is 3. The normalized spacial score (nSPS) is 13.9. The summed E-state index contributed by atoms with van der Waals surface area (Å²) < 4.78 is 17.7. The average molecular weight is 418 g/mol. The van der Waals surface area contributed by atoms with Gasteiger partial charge < -0.3 is 19.5 Å². The fourth-order valence-electron chi connectivity index (χ4n) is 3.19. The predicted molar refractivity (Wildman–Crippen MR) is 120 cm³/mol. The summed E-state index contributed by atoms with van der Waals surface area (Å²) in [7, 11) is 0. The maximum atomic E-state index is 11.2. The van der Waals surface area contributed by atoms with Gasteiger partial charge in [-0.15, -0.1) is 0 Å². The quantitative estimate of drug-likeness (QED) is 0.447. The molecule has 1 aliphatic rings. The standard InChI is InChI=1S/C26H27NO4/c1-18(27-19(2)28)21-8-10-22(11-9-21)30-23-12-14-24(15-13-23)31-26-5-3-4-25(16-26)29-17-20-6-7-20/h3-5,8-16,18,20H,6-7,17H2,1-2H3,(H,27,28). The fourth-order valence-corrected chi connectivity index (χ4v) is 3.19. The molecule has 1 N–H and O–H groups in total. The molecule has 3 aromatic rings. The molecule has 31 heavy (non-hydrogen) atoms. The van der Waals surface area contributed by atoms with Crippen LogP contribution in [0.25, 0.3) is 0 Å². The third kappa shape index (κ3) is 6.25. The van der Waals surface area contributed by atoms with Crippen LogP contribution in [0.1, 0.15) is 38.3 Å². The molecule has 5 heteroatoms. The molecule has 0 radical (unpaired) electrons. The van der Waals surface area contributed by atoms with Crippen LogP contribution in [0.5, 0.6) is 28.7 Å². The van der Waals surface area contributed by atoms with Gasteiger partial charge in [0, 0.05) is 13.0 Å². The Morgan fingerprint density at radius 2 is 1.42 bits per heavy atom. The van der Waals surface area contributed by atoms with E-state index in [0.29, 0.717) is 5.92 Å². The van der Waals surface area contributed by atoms with E-state index in [1.165, 1.54) is 19.8 Å². The van der Waals surface area contributed by atoms with Crippen molar-refractivity contribution >= 4 is 5.91 Å². The van der Waals surface area contributed by atoms with E-state index in [4.69, 9.17) is 14.2 Å². The molecule has 5 nitrogen and oxygen atoms in total. The Morgan fingerprint density at radius 3 is 2.00 bits per heavy atom. The van der Waals surface area contributed by atoms with E-state index < -0.39 is 0 Å². The minimum atomic E-state index is -0.0485. The van der Waals surface area contributed by atoms with Gasteiger partial charge in [0.25, 0.3) is 0 Å². The smallest absolute Gasteiger partial charge is 0.217 e. The summed E-state index contributed by atoms with van der Waals surface area (Å²) in [5.74, 6) is 4.42. The van der Waals surface area contributed by atoms with Crippen LogP contribution in [0.15, 0.2) is 72.8 Å². The molecular weight excluding hydrogens is 390 g/mol. The lowest BCUT2D eigenvalue weighted by molar-refractivity contribution is -0.119. The van der Waals surface area contributed by atoms with E-state index in [0.717, 1.165) is 40.9 Å². The maximum Gasteiger partial charge on any atom is 0.217 e. The second kappa shape index (κ2) is 9.56. The van der Waals surface area contributed by atoms with Crippen molar-refractivity contribution in [3.8, 4) is 28.7 Å². The van der Waals surface area contributed by atoms with Crippen molar-refractivity contribution in [3.05, 3.63) is 78.4 Å². The maximum absolute atomic E-state index is 11.2. The van der Waals surface area contributed by atoms with Crippen LogP contribution >= 0.6 is 0 Å². The molecule has 0 aromatic heterocycles. The van der Waals surface area contributed by atoms with Crippen molar-refractivity contribution in [2.75, 3.05) is 6.61 Å². The SMILES string of the molecule is CC(=O)NC(C)c1ccc(Oc2ccc(Oc3cccc(OCC4CC4)c3)cc2)cc1. The highest BCUT2D eigenvalue weighted by Crippen LogP contribution is 2.32. The van der Waals surface area contributed by atoms with E-state index in [9.17, 15) is 4.79 Å². The Labute approximate surface area is 183 Å². The van der Waals surface area contributed by atoms with Gasteiger partial charge in [-0.2, -0.15) is 0 Å². The van der Waals surface area contributed by atoms with Gasteiger partial charge in [0.2, 0.25) is 5.91 Å². The second-order valence-electron chi connectivity index (χ2n) is 7.90. The van der Waals surface area contributed by atoms with Crippen LogP contribution in [0.2, 0.25) is 0 Å². The van der Waals surface area contributed by atoms with E-state index in [1.807, 2.05) is 79.7 Å². The third-order valence-electron chi connectivity index (χ3n) is 5.08. The largest absolute Gasteiger partial charge is 0.493 e. The van der Waals surface area contributed by atoms with Gasteiger partial charge in [0.1, 0.15) is 28.7 Å². The van der Waals surface area contributed by atoms with Gasteiger partial charge in [-0.3, -0.25) is 4.79 Å². The summed E-state index contributed by atoms with van der Waals surface area (Å²) in [5.41, 5.74) is 1.02. The van der Waals surface area contributed by atoms with E-state index in [2.05, 4.69) is 5.32 Å². The van der Waals surface area contributed by atoms with Crippen molar-refractivity contribution in [3.63, 3.8) is 0 Å². The number of carbonyl (C=O) groups excluding carboxylic acids is 1. The number of hydrogen-bond acceptors (Lipinski definition) is 4. The highest BCUT2D eigenvalue weighted by molar-refractivity contribution is 5.73. The fraction of sp³-hybridized carbons (Fsp3) is 0.269. The molecule has 0 bridgehead atoms. The Bertz CT molecular complexity index is 1010. The van der Waals surface area contributed by atoms with Crippen molar-refractivity contribution in [2.45, 2.75) is 32.7 Å². The second-order valence-corrected chi connectivity index (χ2v) is 7.90. The van der Waals surface area contributed by atoms with Crippen LogP contribution in [-0.4, -0.2) is 12.5 Å². The molecule has 0 saturated heterocycles. The van der Waals surface area contributed by atoms with Crippen molar-refractivity contribution in [1.29, 1.82) is 0 Å². The summed E-state index contributed by atoms with van der Waals surface area (Å²) in [5, 5.41) is 2.87. The molecule has 1 amide bonds. The van der Waals surface area contributed by atoms with Crippen LogP contribution in [-0.2, 0) is 4.79 Å². The molecule has 1 atom stereocenters. The summed E-state index contributed by atoms with van der Waals surface area (Å²) >= 11 is 0. The highest BCUT2D eigenvalue weighted by atomic mass is 16.5. The summed E-state index contributed by atoms with van der Waals surface area (Å²) in [6.07, 6.45) is 2.54. The van der Waals surface area contributed by atoms with Crippen molar-refractivity contribution in [2.24, 2.45) is 5.92 Å². The molecule has 1 fully saturated rings. The zero-order chi connectivity index (χ0) is 21.6. The Morgan fingerprint density at radius 1 is 0.871 bits per heavy atom. The van der Waals surface area contributed by atoms with Crippen LogP contribution < -0.4 is 19.5 Å². The minimum absolute atomic E-state index is 0.0411. The monoisotopic (exact) mass is 417 g/mol. The third-order valence-corrected chi connectivity index (χ3v) is 5.08. The minimum Gasteiger partial charge on any atom is -0.493 e. The zero-order valence-electron chi connectivity index (χ0n) is 17.8. The summed E-state index contributed by atoms with van der Waals surface area (Å²) in [4.78, 5) is 11.2. The first-order valence-corrected chi connectivity index (χ1v) is 10.6. The van der Waals surface area contributed by atoms with Crippen LogP contribution in [0.3, 0.4) is 0 Å². The van der Waals surface area contributed by atoms with Gasteiger partial charge in [0.05, 0.1) is 12.6 Å². The topological polar surface area (TPSA) is 56.8 Å².